The summed E-state index contributed by atoms with van der Waals surface area (Å²) in [4.78, 5) is 45.9. The van der Waals surface area contributed by atoms with E-state index in [-0.39, 0.29) is 18.0 Å². The molecule has 0 aromatic carbocycles. The molecule has 2 N–H and O–H groups in total. The van der Waals surface area contributed by atoms with E-state index in [9.17, 15) is 14.4 Å². The van der Waals surface area contributed by atoms with Gasteiger partial charge in [-0.3, -0.25) is 34.7 Å². The zero-order valence-electron chi connectivity index (χ0n) is 16.0. The predicted octanol–water partition coefficient (Wildman–Crippen LogP) is 1.10. The van der Waals surface area contributed by atoms with Gasteiger partial charge >= 0.3 is 0 Å². The molecule has 150 valence electrons. The molecule has 2 aromatic heterocycles. The first-order valence-corrected chi connectivity index (χ1v) is 10.7. The molecule has 2 aliphatic rings. The zero-order valence-corrected chi connectivity index (χ0v) is 16.9. The minimum Gasteiger partial charge on any atom is -0.296 e. The molecular formula is C19H25N5O3S. The number of likely N-dealkylation sites (tertiary alicyclic amines) is 1. The molecule has 1 aliphatic heterocycles. The summed E-state index contributed by atoms with van der Waals surface area (Å²) in [5.41, 5.74) is 5.60. The molecule has 0 atom stereocenters. The van der Waals surface area contributed by atoms with E-state index < -0.39 is 5.91 Å². The fraction of sp³-hybridized carbons (Fsp3) is 0.579. The van der Waals surface area contributed by atoms with E-state index in [1.165, 1.54) is 16.4 Å². The van der Waals surface area contributed by atoms with E-state index in [0.29, 0.717) is 17.8 Å². The number of aromatic nitrogens is 2. The third-order valence-electron chi connectivity index (χ3n) is 5.40. The summed E-state index contributed by atoms with van der Waals surface area (Å²) in [6.07, 6.45) is 6.41. The Bertz CT molecular complexity index is 974. The second kappa shape index (κ2) is 8.00. The van der Waals surface area contributed by atoms with Crippen molar-refractivity contribution in [2.45, 2.75) is 58.5 Å². The van der Waals surface area contributed by atoms with Crippen LogP contribution in [0.1, 0.15) is 48.9 Å². The summed E-state index contributed by atoms with van der Waals surface area (Å²) in [5.74, 6) is -0.181. The molecule has 0 unspecified atom stereocenters. The molecule has 28 heavy (non-hydrogen) atoms. The van der Waals surface area contributed by atoms with Gasteiger partial charge in [-0.1, -0.05) is 0 Å². The third kappa shape index (κ3) is 3.81. The number of hydrogen-bond donors (Lipinski definition) is 2. The molecule has 2 aromatic rings. The Morgan fingerprint density at radius 3 is 2.61 bits per heavy atom. The lowest BCUT2D eigenvalue weighted by Gasteiger charge is -2.18. The van der Waals surface area contributed by atoms with Gasteiger partial charge in [-0.25, -0.2) is 4.98 Å². The van der Waals surface area contributed by atoms with Gasteiger partial charge in [0, 0.05) is 11.8 Å². The molecule has 3 heterocycles. The fourth-order valence-corrected chi connectivity index (χ4v) is 5.32. The molecule has 0 bridgehead atoms. The van der Waals surface area contributed by atoms with Crippen molar-refractivity contribution in [3.63, 3.8) is 0 Å². The zero-order chi connectivity index (χ0) is 19.7. The number of carbonyl (C=O) groups excluding carboxylic acids is 2. The van der Waals surface area contributed by atoms with Crippen molar-refractivity contribution in [3.8, 4) is 0 Å². The van der Waals surface area contributed by atoms with Crippen LogP contribution in [-0.2, 0) is 35.5 Å². The molecule has 8 nitrogen and oxygen atoms in total. The summed E-state index contributed by atoms with van der Waals surface area (Å²) >= 11 is 1.63. The second-order valence-electron chi connectivity index (χ2n) is 7.52. The number of carbonyl (C=O) groups is 2. The van der Waals surface area contributed by atoms with Gasteiger partial charge in [-0.15, -0.1) is 11.3 Å². The number of fused-ring (bicyclic) bond motifs is 3. The lowest BCUT2D eigenvalue weighted by molar-refractivity contribution is -0.128. The highest BCUT2D eigenvalue weighted by Crippen LogP contribution is 2.33. The predicted molar refractivity (Wildman–Crippen MR) is 107 cm³/mol. The molecule has 4 rings (SSSR count). The van der Waals surface area contributed by atoms with E-state index >= 15 is 0 Å². The number of aryl methyl sites for hydroxylation is 2. The number of rotatable bonds is 4. The molecule has 1 aliphatic carbocycles. The summed E-state index contributed by atoms with van der Waals surface area (Å²) < 4.78 is 1.49. The molecule has 0 saturated carbocycles. The maximum atomic E-state index is 13.4. The Balaban J connectivity index is 1.74. The minimum absolute atomic E-state index is 0.142. The number of thiophene rings is 1. The summed E-state index contributed by atoms with van der Waals surface area (Å²) in [6.45, 7) is 3.67. The van der Waals surface area contributed by atoms with Crippen molar-refractivity contribution in [2.75, 3.05) is 13.1 Å². The Morgan fingerprint density at radius 2 is 1.86 bits per heavy atom. The van der Waals surface area contributed by atoms with E-state index in [0.717, 1.165) is 62.0 Å². The van der Waals surface area contributed by atoms with Crippen molar-refractivity contribution in [1.82, 2.24) is 25.3 Å². The van der Waals surface area contributed by atoms with Gasteiger partial charge in [0.1, 0.15) is 17.2 Å². The number of nitrogens with one attached hydrogen (secondary N) is 2. The van der Waals surface area contributed by atoms with Crippen LogP contribution < -0.4 is 16.4 Å². The van der Waals surface area contributed by atoms with Crippen LogP contribution >= 0.6 is 11.3 Å². The molecule has 2 amide bonds. The fourth-order valence-electron chi connectivity index (χ4n) is 4.05. The Hall–Kier alpha value is -2.26. The molecule has 9 heteroatoms. The first kappa shape index (κ1) is 19.1. The Labute approximate surface area is 166 Å². The highest BCUT2D eigenvalue weighted by atomic mass is 32.1. The van der Waals surface area contributed by atoms with Gasteiger partial charge in [-0.2, -0.15) is 0 Å². The number of amides is 2. The molecule has 0 spiro atoms. The van der Waals surface area contributed by atoms with E-state index in [1.807, 2.05) is 0 Å². The number of hydrogen-bond acceptors (Lipinski definition) is 6. The minimum atomic E-state index is -0.440. The van der Waals surface area contributed by atoms with E-state index in [4.69, 9.17) is 4.98 Å². The number of hydrazine groups is 1. The standard InChI is InChI=1S/C19H25N5O3S/c1-12(25)21-22-16(26)11-24-15(10-23-8-4-5-9-23)20-18-17(19(24)27)13-6-2-3-7-14(13)28-18/h2-11H2,1H3,(H,21,25)(H,22,26). The van der Waals surface area contributed by atoms with Crippen LogP contribution in [0.25, 0.3) is 10.2 Å². The lowest BCUT2D eigenvalue weighted by Crippen LogP contribution is -2.44. The van der Waals surface area contributed by atoms with Gasteiger partial charge in [0.2, 0.25) is 5.91 Å². The average molecular weight is 404 g/mol. The summed E-state index contributed by atoms with van der Waals surface area (Å²) in [5, 5.41) is 0.678. The smallest absolute Gasteiger partial charge is 0.263 e. The maximum Gasteiger partial charge on any atom is 0.263 e. The maximum absolute atomic E-state index is 13.4. The van der Waals surface area contributed by atoms with Gasteiger partial charge in [-0.05, 0) is 57.2 Å². The van der Waals surface area contributed by atoms with Crippen LogP contribution in [-0.4, -0.2) is 39.4 Å². The topological polar surface area (TPSA) is 96.3 Å². The van der Waals surface area contributed by atoms with Crippen molar-refractivity contribution in [1.29, 1.82) is 0 Å². The SMILES string of the molecule is CC(=O)NNC(=O)Cn1c(CN2CCCC2)nc2sc3c(c2c1=O)CCCC3. The highest BCUT2D eigenvalue weighted by molar-refractivity contribution is 7.18. The first-order valence-electron chi connectivity index (χ1n) is 9.84. The van der Waals surface area contributed by atoms with Crippen LogP contribution in [0.5, 0.6) is 0 Å². The van der Waals surface area contributed by atoms with Gasteiger partial charge in [0.15, 0.2) is 0 Å². The van der Waals surface area contributed by atoms with Crippen LogP contribution in [0.4, 0.5) is 0 Å². The second-order valence-corrected chi connectivity index (χ2v) is 8.61. The molecular weight excluding hydrogens is 378 g/mol. The lowest BCUT2D eigenvalue weighted by atomic mass is 9.97. The van der Waals surface area contributed by atoms with E-state index in [1.54, 1.807) is 11.3 Å². The normalized spacial score (nSPS) is 16.9. The molecule has 0 radical (unpaired) electrons. The quantitative estimate of drug-likeness (QED) is 0.746. The summed E-state index contributed by atoms with van der Waals surface area (Å²) in [7, 11) is 0. The van der Waals surface area contributed by atoms with Gasteiger partial charge in [0.05, 0.1) is 11.9 Å². The number of nitrogens with zero attached hydrogens (tertiary/aromatic N) is 3. The largest absolute Gasteiger partial charge is 0.296 e. The van der Waals surface area contributed by atoms with Gasteiger partial charge in [0.25, 0.3) is 11.5 Å². The highest BCUT2D eigenvalue weighted by Gasteiger charge is 2.24. The average Bonchev–Trinajstić information content (AvgIpc) is 3.30. The van der Waals surface area contributed by atoms with Crippen molar-refractivity contribution in [2.24, 2.45) is 0 Å². The first-order chi connectivity index (χ1) is 13.5. The Kier molecular flexibility index (Phi) is 5.45. The van der Waals surface area contributed by atoms with Crippen LogP contribution in [0.2, 0.25) is 0 Å². The van der Waals surface area contributed by atoms with Crippen LogP contribution in [0, 0.1) is 0 Å². The van der Waals surface area contributed by atoms with Crippen molar-refractivity contribution < 1.29 is 9.59 Å². The summed E-state index contributed by atoms with van der Waals surface area (Å²) in [6, 6.07) is 0. The monoisotopic (exact) mass is 403 g/mol. The van der Waals surface area contributed by atoms with Crippen molar-refractivity contribution >= 4 is 33.4 Å². The van der Waals surface area contributed by atoms with Crippen molar-refractivity contribution in [3.05, 3.63) is 26.6 Å². The van der Waals surface area contributed by atoms with Crippen LogP contribution in [0.15, 0.2) is 4.79 Å². The van der Waals surface area contributed by atoms with Crippen LogP contribution in [0.3, 0.4) is 0 Å². The molecule has 1 fully saturated rings. The third-order valence-corrected chi connectivity index (χ3v) is 6.58. The van der Waals surface area contributed by atoms with Gasteiger partial charge < -0.3 is 0 Å². The van der Waals surface area contributed by atoms with E-state index in [2.05, 4.69) is 15.8 Å². The Morgan fingerprint density at radius 1 is 1.11 bits per heavy atom. The molecule has 1 saturated heterocycles.